The van der Waals surface area contributed by atoms with Gasteiger partial charge in [-0.25, -0.2) is 0 Å². The maximum Gasteiger partial charge on any atom is 0.224 e. The number of hydrogen-bond donors (Lipinski definition) is 5. The van der Waals surface area contributed by atoms with Crippen molar-refractivity contribution in [2.24, 2.45) is 0 Å². The number of para-hydroxylation sites is 2. The number of ether oxygens (including phenoxy) is 2. The molecule has 2 aliphatic heterocycles. The molecule has 0 aromatic heterocycles. The third-order valence-electron chi connectivity index (χ3n) is 9.90. The molecule has 11 heteroatoms. The number of hydrogen-bond acceptors (Lipinski definition) is 8. The van der Waals surface area contributed by atoms with Crippen molar-refractivity contribution < 1.29 is 29.3 Å². The van der Waals surface area contributed by atoms with Crippen LogP contribution < -0.4 is 16.4 Å². The lowest BCUT2D eigenvalue weighted by Gasteiger charge is -2.42. The molecule has 2 heterocycles. The van der Waals surface area contributed by atoms with Gasteiger partial charge in [-0.2, -0.15) is 0 Å². The molecule has 2 fully saturated rings. The Morgan fingerprint density at radius 1 is 0.827 bits per heavy atom. The molecule has 2 saturated heterocycles. The van der Waals surface area contributed by atoms with E-state index in [9.17, 15) is 19.8 Å². The van der Waals surface area contributed by atoms with Gasteiger partial charge in [-0.1, -0.05) is 72.3 Å². The van der Waals surface area contributed by atoms with E-state index in [2.05, 4.69) is 15.5 Å². The van der Waals surface area contributed by atoms with Crippen LogP contribution in [0.2, 0.25) is 5.02 Å². The summed E-state index contributed by atoms with van der Waals surface area (Å²) in [6.45, 7) is 2.12. The molecule has 3 atom stereocenters. The lowest BCUT2D eigenvalue weighted by atomic mass is 9.84. The van der Waals surface area contributed by atoms with Gasteiger partial charge in [-0.15, -0.1) is 0 Å². The van der Waals surface area contributed by atoms with Crippen LogP contribution in [0.5, 0.6) is 0 Å². The topological polar surface area (TPSA) is 146 Å². The Kier molecular flexibility index (Phi) is 12.6. The molecule has 3 unspecified atom stereocenters. The van der Waals surface area contributed by atoms with Crippen molar-refractivity contribution in [3.05, 3.63) is 124 Å². The highest BCUT2D eigenvalue weighted by atomic mass is 35.5. The quantitative estimate of drug-likeness (QED) is 0.0726. The van der Waals surface area contributed by atoms with E-state index in [0.717, 1.165) is 35.3 Å². The minimum atomic E-state index is -0.886. The van der Waals surface area contributed by atoms with E-state index >= 15 is 0 Å². The molecule has 0 spiro atoms. The number of likely N-dealkylation sites (tertiary alicyclic amines) is 1. The standard InChI is InChI=1S/C41H47ClN4O6/c42-32-17-15-31(16-18-32)41(50)21-23-46(24-22-41)26-34-25-37(29-11-9-28(27-47)10-12-29)52-40(51-34)30-13-19-33(20-14-30)44-38(48)7-3-4-8-39(49)45-36-6-2-1-5-35(36)43/h1-2,5-6,9-20,34,37,40,47,50H,3-4,7-8,21-27,43H2,(H,44,48)(H,45,49). The predicted octanol–water partition coefficient (Wildman–Crippen LogP) is 7.08. The first-order valence-corrected chi connectivity index (χ1v) is 18.3. The number of piperidine rings is 1. The second kappa shape index (κ2) is 17.5. The summed E-state index contributed by atoms with van der Waals surface area (Å²) < 4.78 is 13.1. The number of carbonyl (C=O) groups is 2. The van der Waals surface area contributed by atoms with Crippen LogP contribution in [0.4, 0.5) is 17.1 Å². The molecule has 6 N–H and O–H groups in total. The summed E-state index contributed by atoms with van der Waals surface area (Å²) in [4.78, 5) is 27.3. The number of aliphatic hydroxyl groups excluding tert-OH is 1. The van der Waals surface area contributed by atoms with Gasteiger partial charge in [-0.3, -0.25) is 9.59 Å². The van der Waals surface area contributed by atoms with Gasteiger partial charge in [0.1, 0.15) is 0 Å². The smallest absolute Gasteiger partial charge is 0.224 e. The second-order valence-electron chi connectivity index (χ2n) is 13.7. The highest BCUT2D eigenvalue weighted by Gasteiger charge is 2.37. The lowest BCUT2D eigenvalue weighted by molar-refractivity contribution is -0.253. The Bertz CT molecular complexity index is 1780. The van der Waals surface area contributed by atoms with Crippen molar-refractivity contribution in [1.82, 2.24) is 4.90 Å². The molecule has 10 nitrogen and oxygen atoms in total. The maximum absolute atomic E-state index is 12.7. The van der Waals surface area contributed by atoms with E-state index in [1.165, 1.54) is 0 Å². The molecule has 274 valence electrons. The summed E-state index contributed by atoms with van der Waals surface area (Å²) in [5, 5.41) is 27.4. The minimum absolute atomic E-state index is 0.0256. The minimum Gasteiger partial charge on any atom is -0.397 e. The van der Waals surface area contributed by atoms with Gasteiger partial charge < -0.3 is 41.0 Å². The molecular weight excluding hydrogens is 680 g/mol. The number of aliphatic hydroxyl groups is 2. The highest BCUT2D eigenvalue weighted by Crippen LogP contribution is 2.40. The number of nitrogens with zero attached hydrogens (tertiary/aromatic N) is 1. The van der Waals surface area contributed by atoms with Crippen LogP contribution in [-0.4, -0.2) is 52.7 Å². The summed E-state index contributed by atoms with van der Waals surface area (Å²) >= 11 is 6.08. The molecule has 0 radical (unpaired) electrons. The van der Waals surface area contributed by atoms with Crippen molar-refractivity contribution in [3.63, 3.8) is 0 Å². The molecule has 0 saturated carbocycles. The van der Waals surface area contributed by atoms with Crippen LogP contribution in [0, 0.1) is 0 Å². The van der Waals surface area contributed by atoms with Crippen molar-refractivity contribution in [2.45, 2.75) is 75.7 Å². The molecule has 4 aromatic carbocycles. The van der Waals surface area contributed by atoms with Crippen LogP contribution in [-0.2, 0) is 31.3 Å². The van der Waals surface area contributed by atoms with Crippen molar-refractivity contribution >= 4 is 40.5 Å². The zero-order valence-corrected chi connectivity index (χ0v) is 29.9. The van der Waals surface area contributed by atoms with Crippen LogP contribution in [0.1, 0.15) is 79.6 Å². The predicted molar refractivity (Wildman–Crippen MR) is 202 cm³/mol. The van der Waals surface area contributed by atoms with E-state index in [-0.39, 0.29) is 30.6 Å². The number of carbonyl (C=O) groups excluding carboxylic acids is 2. The maximum atomic E-state index is 12.7. The normalized spacial score (nSPS) is 20.2. The second-order valence-corrected chi connectivity index (χ2v) is 14.1. The van der Waals surface area contributed by atoms with Gasteiger partial charge in [-0.05, 0) is 78.8 Å². The van der Waals surface area contributed by atoms with E-state index in [0.29, 0.717) is 73.6 Å². The van der Waals surface area contributed by atoms with Gasteiger partial charge in [0.05, 0.1) is 35.8 Å². The van der Waals surface area contributed by atoms with E-state index in [1.54, 1.807) is 12.1 Å². The van der Waals surface area contributed by atoms with Crippen molar-refractivity contribution in [2.75, 3.05) is 36.0 Å². The summed E-state index contributed by atoms with van der Waals surface area (Å²) in [6.07, 6.45) is 2.64. The number of benzene rings is 4. The van der Waals surface area contributed by atoms with E-state index < -0.39 is 11.9 Å². The molecular formula is C41H47ClN4O6. The Balaban J connectivity index is 1.03. The van der Waals surface area contributed by atoms with Crippen LogP contribution in [0.15, 0.2) is 97.1 Å². The number of nitrogens with one attached hydrogen (secondary N) is 2. The number of halogens is 1. The van der Waals surface area contributed by atoms with E-state index in [4.69, 9.17) is 26.8 Å². The molecule has 52 heavy (non-hydrogen) atoms. The summed E-state index contributed by atoms with van der Waals surface area (Å²) in [5.74, 6) is -0.258. The summed E-state index contributed by atoms with van der Waals surface area (Å²) in [6, 6.07) is 29.9. The number of amides is 2. The van der Waals surface area contributed by atoms with Gasteiger partial charge in [0.25, 0.3) is 0 Å². The zero-order valence-electron chi connectivity index (χ0n) is 29.2. The molecule has 4 aromatic rings. The third kappa shape index (κ3) is 9.97. The number of nitrogen functional groups attached to an aromatic ring is 1. The van der Waals surface area contributed by atoms with Gasteiger partial charge in [0, 0.05) is 55.2 Å². The first-order valence-electron chi connectivity index (χ1n) is 17.9. The van der Waals surface area contributed by atoms with Crippen molar-refractivity contribution in [3.8, 4) is 0 Å². The average Bonchev–Trinajstić information content (AvgIpc) is 3.16. The van der Waals surface area contributed by atoms with Gasteiger partial charge in [0.15, 0.2) is 6.29 Å². The lowest BCUT2D eigenvalue weighted by Crippen LogP contribution is -2.46. The molecule has 0 aliphatic carbocycles. The average molecular weight is 727 g/mol. The Hall–Kier alpha value is -4.29. The van der Waals surface area contributed by atoms with E-state index in [1.807, 2.05) is 84.9 Å². The largest absolute Gasteiger partial charge is 0.397 e. The fraction of sp³-hybridized carbons (Fsp3) is 0.366. The first kappa shape index (κ1) is 37.5. The number of nitrogens with two attached hydrogens (primary N) is 1. The Morgan fingerprint density at radius 3 is 2.12 bits per heavy atom. The van der Waals surface area contributed by atoms with Gasteiger partial charge in [0.2, 0.25) is 11.8 Å². The molecule has 2 amide bonds. The summed E-state index contributed by atoms with van der Waals surface area (Å²) in [5.41, 5.74) is 10.3. The van der Waals surface area contributed by atoms with Crippen molar-refractivity contribution in [1.29, 1.82) is 0 Å². The number of anilines is 3. The molecule has 0 bridgehead atoms. The number of unbranched alkanes of at least 4 members (excludes halogenated alkanes) is 1. The zero-order chi connectivity index (χ0) is 36.5. The SMILES string of the molecule is Nc1ccccc1NC(=O)CCCCC(=O)Nc1ccc(C2OC(CN3CCC(O)(c4ccc(Cl)cc4)CC3)CC(c3ccc(CO)cc3)O2)cc1. The summed E-state index contributed by atoms with van der Waals surface area (Å²) in [7, 11) is 0. The monoisotopic (exact) mass is 726 g/mol. The van der Waals surface area contributed by atoms with Crippen LogP contribution >= 0.6 is 11.6 Å². The Labute approximate surface area is 309 Å². The fourth-order valence-corrected chi connectivity index (χ4v) is 6.94. The first-order chi connectivity index (χ1) is 25.2. The molecule has 6 rings (SSSR count). The number of rotatable bonds is 13. The van der Waals surface area contributed by atoms with Crippen LogP contribution in [0.25, 0.3) is 0 Å². The Morgan fingerprint density at radius 2 is 1.46 bits per heavy atom. The highest BCUT2D eigenvalue weighted by molar-refractivity contribution is 6.30. The third-order valence-corrected chi connectivity index (χ3v) is 10.2. The molecule has 2 aliphatic rings. The fourth-order valence-electron chi connectivity index (χ4n) is 6.82. The van der Waals surface area contributed by atoms with Crippen LogP contribution in [0.3, 0.4) is 0 Å². The van der Waals surface area contributed by atoms with Gasteiger partial charge >= 0.3 is 0 Å².